The Morgan fingerprint density at radius 2 is 1.41 bits per heavy atom. The van der Waals surface area contributed by atoms with Gasteiger partial charge >= 0.3 is 0 Å². The number of benzene rings is 3. The number of carbonyl (C=O) groups is 1. The van der Waals surface area contributed by atoms with E-state index in [4.69, 9.17) is 9.47 Å². The molecule has 1 N–H and O–H groups in total. The van der Waals surface area contributed by atoms with Crippen molar-refractivity contribution in [2.24, 2.45) is 0 Å². The molecule has 0 spiro atoms. The van der Waals surface area contributed by atoms with E-state index in [0.29, 0.717) is 18.9 Å². The van der Waals surface area contributed by atoms with Crippen molar-refractivity contribution in [2.75, 3.05) is 6.61 Å². The van der Waals surface area contributed by atoms with Crippen LogP contribution in [0.15, 0.2) is 78.9 Å². The molecule has 0 aliphatic rings. The minimum atomic E-state index is -0.153. The van der Waals surface area contributed by atoms with E-state index in [0.717, 1.165) is 22.4 Å². The Hall–Kier alpha value is -3.27. The maximum Gasteiger partial charge on any atom is 0.258 e. The molecule has 0 heterocycles. The quantitative estimate of drug-likeness (QED) is 0.652. The largest absolute Gasteiger partial charge is 0.489 e. The summed E-state index contributed by atoms with van der Waals surface area (Å²) >= 11 is 0. The molecule has 4 nitrogen and oxygen atoms in total. The smallest absolute Gasteiger partial charge is 0.258 e. The fourth-order valence-electron chi connectivity index (χ4n) is 2.48. The zero-order chi connectivity index (χ0) is 18.9. The van der Waals surface area contributed by atoms with E-state index in [1.54, 1.807) is 0 Å². The predicted molar refractivity (Wildman–Crippen MR) is 106 cm³/mol. The molecule has 138 valence electrons. The first-order valence-electron chi connectivity index (χ1n) is 8.91. The molecule has 0 bridgehead atoms. The number of hydrogen-bond acceptors (Lipinski definition) is 3. The van der Waals surface area contributed by atoms with Crippen LogP contribution in [0.5, 0.6) is 11.5 Å². The van der Waals surface area contributed by atoms with Crippen molar-refractivity contribution in [2.45, 2.75) is 20.1 Å². The number of aryl methyl sites for hydroxylation is 1. The highest BCUT2D eigenvalue weighted by molar-refractivity contribution is 5.77. The van der Waals surface area contributed by atoms with Gasteiger partial charge < -0.3 is 14.8 Å². The van der Waals surface area contributed by atoms with Gasteiger partial charge in [-0.2, -0.15) is 0 Å². The second-order valence-electron chi connectivity index (χ2n) is 6.30. The first-order valence-corrected chi connectivity index (χ1v) is 8.91. The average Bonchev–Trinajstić information content (AvgIpc) is 2.72. The summed E-state index contributed by atoms with van der Waals surface area (Å²) in [5, 5.41) is 2.85. The maximum absolute atomic E-state index is 11.9. The first-order chi connectivity index (χ1) is 13.2. The average molecular weight is 361 g/mol. The standard InChI is InChI=1S/C23H23NO3/c1-18-7-11-21(12-8-18)27-17-23(25)24-15-19-9-13-22(14-10-19)26-16-20-5-3-2-4-6-20/h2-14H,15-17H2,1H3,(H,24,25). The van der Waals surface area contributed by atoms with E-state index < -0.39 is 0 Å². The van der Waals surface area contributed by atoms with E-state index in [-0.39, 0.29) is 12.5 Å². The minimum absolute atomic E-state index is 0.00132. The highest BCUT2D eigenvalue weighted by atomic mass is 16.5. The lowest BCUT2D eigenvalue weighted by Gasteiger charge is -2.09. The van der Waals surface area contributed by atoms with Crippen LogP contribution >= 0.6 is 0 Å². The summed E-state index contributed by atoms with van der Waals surface area (Å²) in [4.78, 5) is 11.9. The predicted octanol–water partition coefficient (Wildman–Crippen LogP) is 4.27. The summed E-state index contributed by atoms with van der Waals surface area (Å²) in [6.07, 6.45) is 0. The summed E-state index contributed by atoms with van der Waals surface area (Å²) in [6.45, 7) is 3.00. The molecule has 0 aromatic heterocycles. The molecule has 3 aromatic rings. The first kappa shape index (κ1) is 18.5. The van der Waals surface area contributed by atoms with Crippen molar-refractivity contribution in [1.82, 2.24) is 5.32 Å². The van der Waals surface area contributed by atoms with Crippen molar-refractivity contribution in [3.63, 3.8) is 0 Å². The van der Waals surface area contributed by atoms with Gasteiger partial charge in [0, 0.05) is 6.54 Å². The normalized spacial score (nSPS) is 10.3. The Labute approximate surface area is 159 Å². The molecule has 0 radical (unpaired) electrons. The van der Waals surface area contributed by atoms with Gasteiger partial charge in [-0.3, -0.25) is 4.79 Å². The molecule has 0 atom stereocenters. The lowest BCUT2D eigenvalue weighted by atomic mass is 10.2. The molecule has 3 rings (SSSR count). The topological polar surface area (TPSA) is 47.6 Å². The van der Waals surface area contributed by atoms with Crippen LogP contribution in [0.2, 0.25) is 0 Å². The van der Waals surface area contributed by atoms with E-state index >= 15 is 0 Å². The van der Waals surface area contributed by atoms with Crippen LogP contribution in [0, 0.1) is 6.92 Å². The van der Waals surface area contributed by atoms with E-state index in [1.807, 2.05) is 85.8 Å². The van der Waals surface area contributed by atoms with Crippen molar-refractivity contribution in [3.8, 4) is 11.5 Å². The lowest BCUT2D eigenvalue weighted by molar-refractivity contribution is -0.123. The fraction of sp³-hybridized carbons (Fsp3) is 0.174. The second-order valence-corrected chi connectivity index (χ2v) is 6.30. The third kappa shape index (κ3) is 6.19. The molecule has 0 saturated heterocycles. The Morgan fingerprint density at radius 1 is 0.778 bits per heavy atom. The van der Waals surface area contributed by atoms with Gasteiger partial charge in [0.15, 0.2) is 6.61 Å². The Bertz CT molecular complexity index is 843. The van der Waals surface area contributed by atoms with E-state index in [9.17, 15) is 4.79 Å². The molecule has 27 heavy (non-hydrogen) atoms. The molecule has 0 aliphatic heterocycles. The van der Waals surface area contributed by atoms with Gasteiger partial charge in [0.25, 0.3) is 5.91 Å². The molecule has 0 saturated carbocycles. The van der Waals surface area contributed by atoms with Crippen LogP contribution < -0.4 is 14.8 Å². The number of hydrogen-bond donors (Lipinski definition) is 1. The number of nitrogens with one attached hydrogen (secondary N) is 1. The number of carbonyl (C=O) groups excluding carboxylic acids is 1. The Balaban J connectivity index is 1.40. The zero-order valence-electron chi connectivity index (χ0n) is 15.4. The number of rotatable bonds is 8. The van der Waals surface area contributed by atoms with Gasteiger partial charge in [0.2, 0.25) is 0 Å². The van der Waals surface area contributed by atoms with Gasteiger partial charge in [-0.1, -0.05) is 60.2 Å². The van der Waals surface area contributed by atoms with Gasteiger partial charge in [-0.25, -0.2) is 0 Å². The van der Waals surface area contributed by atoms with Crippen LogP contribution in [-0.2, 0) is 17.9 Å². The van der Waals surface area contributed by atoms with Crippen molar-refractivity contribution < 1.29 is 14.3 Å². The number of ether oxygens (including phenoxy) is 2. The highest BCUT2D eigenvalue weighted by Gasteiger charge is 2.03. The molecular weight excluding hydrogens is 338 g/mol. The molecule has 3 aromatic carbocycles. The molecule has 0 fully saturated rings. The van der Waals surface area contributed by atoms with Gasteiger partial charge in [-0.15, -0.1) is 0 Å². The lowest BCUT2D eigenvalue weighted by Crippen LogP contribution is -2.28. The summed E-state index contributed by atoms with van der Waals surface area (Å²) in [6, 6.07) is 25.4. The van der Waals surface area contributed by atoms with E-state index in [2.05, 4.69) is 5.32 Å². The molecule has 0 unspecified atom stereocenters. The Morgan fingerprint density at radius 3 is 2.11 bits per heavy atom. The summed E-state index contributed by atoms with van der Waals surface area (Å²) < 4.78 is 11.2. The van der Waals surface area contributed by atoms with Crippen LogP contribution in [0.4, 0.5) is 0 Å². The second kappa shape index (κ2) is 9.43. The van der Waals surface area contributed by atoms with Crippen molar-refractivity contribution in [1.29, 1.82) is 0 Å². The maximum atomic E-state index is 11.9. The third-order valence-electron chi connectivity index (χ3n) is 4.05. The third-order valence-corrected chi connectivity index (χ3v) is 4.05. The van der Waals surface area contributed by atoms with Crippen LogP contribution in [0.3, 0.4) is 0 Å². The summed E-state index contributed by atoms with van der Waals surface area (Å²) in [7, 11) is 0. The highest BCUT2D eigenvalue weighted by Crippen LogP contribution is 2.14. The zero-order valence-corrected chi connectivity index (χ0v) is 15.4. The van der Waals surface area contributed by atoms with Crippen LogP contribution in [-0.4, -0.2) is 12.5 Å². The molecule has 0 aliphatic carbocycles. The molecule has 1 amide bonds. The van der Waals surface area contributed by atoms with Gasteiger partial charge in [0.05, 0.1) is 0 Å². The minimum Gasteiger partial charge on any atom is -0.489 e. The Kier molecular flexibility index (Phi) is 6.47. The van der Waals surface area contributed by atoms with Crippen molar-refractivity contribution >= 4 is 5.91 Å². The number of amides is 1. The van der Waals surface area contributed by atoms with Crippen LogP contribution in [0.25, 0.3) is 0 Å². The molecule has 4 heteroatoms. The van der Waals surface area contributed by atoms with E-state index in [1.165, 1.54) is 0 Å². The van der Waals surface area contributed by atoms with Crippen molar-refractivity contribution in [3.05, 3.63) is 95.6 Å². The molecular formula is C23H23NO3. The van der Waals surface area contributed by atoms with Gasteiger partial charge in [0.1, 0.15) is 18.1 Å². The monoisotopic (exact) mass is 361 g/mol. The summed E-state index contributed by atoms with van der Waals surface area (Å²) in [5.41, 5.74) is 3.29. The van der Waals surface area contributed by atoms with Gasteiger partial charge in [-0.05, 0) is 42.3 Å². The summed E-state index contributed by atoms with van der Waals surface area (Å²) in [5.74, 6) is 1.34. The SMILES string of the molecule is Cc1ccc(OCC(=O)NCc2ccc(OCc3ccccc3)cc2)cc1. The fourth-order valence-corrected chi connectivity index (χ4v) is 2.48. The van der Waals surface area contributed by atoms with Crippen LogP contribution in [0.1, 0.15) is 16.7 Å².